The van der Waals surface area contributed by atoms with Crippen molar-refractivity contribution >= 4 is 17.5 Å². The number of likely N-dealkylation sites (tertiary alicyclic amines) is 1. The highest BCUT2D eigenvalue weighted by molar-refractivity contribution is 5.97. The quantitative estimate of drug-likeness (QED) is 0.803. The Morgan fingerprint density at radius 1 is 1.11 bits per heavy atom. The molecule has 2 aromatic carbocycles. The van der Waals surface area contributed by atoms with E-state index in [4.69, 9.17) is 0 Å². The first-order chi connectivity index (χ1) is 13.4. The van der Waals surface area contributed by atoms with E-state index >= 15 is 0 Å². The summed E-state index contributed by atoms with van der Waals surface area (Å²) >= 11 is 0. The summed E-state index contributed by atoms with van der Waals surface area (Å²) in [6.45, 7) is 3.83. The molecule has 2 amide bonds. The maximum atomic E-state index is 13.7. The Kier molecular flexibility index (Phi) is 4.67. The molecule has 0 aromatic heterocycles. The molecule has 4 rings (SSSR count). The molecule has 2 aliphatic rings. The molecule has 0 bridgehead atoms. The number of hydrogen-bond acceptors (Lipinski definition) is 3. The van der Waals surface area contributed by atoms with Gasteiger partial charge in [0.2, 0.25) is 5.91 Å². The van der Waals surface area contributed by atoms with Gasteiger partial charge in [-0.05, 0) is 50.2 Å². The van der Waals surface area contributed by atoms with E-state index in [2.05, 4.69) is 4.90 Å². The van der Waals surface area contributed by atoms with Crippen LogP contribution in [0.2, 0.25) is 0 Å². The molecule has 2 heterocycles. The summed E-state index contributed by atoms with van der Waals surface area (Å²) in [5.41, 5.74) is 1.93. The molecule has 1 spiro atoms. The van der Waals surface area contributed by atoms with Crippen molar-refractivity contribution in [1.82, 2.24) is 9.80 Å². The molecule has 2 aliphatic heterocycles. The van der Waals surface area contributed by atoms with Crippen LogP contribution in [0.25, 0.3) is 0 Å². The van der Waals surface area contributed by atoms with Gasteiger partial charge in [0.1, 0.15) is 5.82 Å². The van der Waals surface area contributed by atoms with E-state index in [0.29, 0.717) is 25.3 Å². The Labute approximate surface area is 164 Å². The summed E-state index contributed by atoms with van der Waals surface area (Å²) in [6, 6.07) is 13.7. The van der Waals surface area contributed by atoms with Crippen LogP contribution < -0.4 is 4.90 Å². The lowest BCUT2D eigenvalue weighted by molar-refractivity contribution is -0.123. The number of piperazine rings is 1. The molecule has 146 valence electrons. The molecule has 2 aromatic rings. The molecule has 28 heavy (non-hydrogen) atoms. The first-order valence-corrected chi connectivity index (χ1v) is 9.52. The number of amides is 2. The van der Waals surface area contributed by atoms with Crippen LogP contribution >= 0.6 is 0 Å². The topological polar surface area (TPSA) is 43.9 Å². The number of anilines is 1. The number of nitrogens with zero attached hydrogens (tertiary/aromatic N) is 3. The lowest BCUT2D eigenvalue weighted by Crippen LogP contribution is -2.64. The van der Waals surface area contributed by atoms with Crippen LogP contribution in [0.4, 0.5) is 10.1 Å². The second-order valence-corrected chi connectivity index (χ2v) is 7.83. The SMILES string of the molecule is Cc1ccccc1C(=O)N1CC[C@@]2(C1)CN(c1cccc(F)c1)C(=O)CN2C. The van der Waals surface area contributed by atoms with Crippen molar-refractivity contribution in [1.29, 1.82) is 0 Å². The van der Waals surface area contributed by atoms with Gasteiger partial charge in [-0.2, -0.15) is 0 Å². The van der Waals surface area contributed by atoms with Crippen molar-refractivity contribution in [3.05, 3.63) is 65.5 Å². The standard InChI is InChI=1S/C22H24FN3O2/c1-16-6-3-4-9-19(16)21(28)25-11-10-22(14-25)15-26(20(27)13-24(22)2)18-8-5-7-17(23)12-18/h3-9,12H,10-11,13-15H2,1-2H3/t22-/m1/s1. The first kappa shape index (κ1) is 18.6. The Bertz CT molecular complexity index is 932. The largest absolute Gasteiger partial charge is 0.337 e. The molecule has 6 heteroatoms. The number of likely N-dealkylation sites (N-methyl/N-ethyl adjacent to an activating group) is 1. The maximum absolute atomic E-state index is 13.7. The van der Waals surface area contributed by atoms with Gasteiger partial charge >= 0.3 is 0 Å². The molecule has 0 aliphatic carbocycles. The first-order valence-electron chi connectivity index (χ1n) is 9.52. The van der Waals surface area contributed by atoms with Crippen LogP contribution in [0.5, 0.6) is 0 Å². The predicted molar refractivity (Wildman–Crippen MR) is 106 cm³/mol. The van der Waals surface area contributed by atoms with E-state index in [-0.39, 0.29) is 29.7 Å². The van der Waals surface area contributed by atoms with Gasteiger partial charge in [-0.15, -0.1) is 0 Å². The fourth-order valence-electron chi connectivity index (χ4n) is 4.29. The number of benzene rings is 2. The average molecular weight is 381 g/mol. The summed E-state index contributed by atoms with van der Waals surface area (Å²) in [5, 5.41) is 0. The van der Waals surface area contributed by atoms with Crippen LogP contribution in [0.15, 0.2) is 48.5 Å². The number of rotatable bonds is 2. The van der Waals surface area contributed by atoms with Crippen LogP contribution in [0.1, 0.15) is 22.3 Å². The van der Waals surface area contributed by atoms with Crippen molar-refractivity contribution in [3.63, 3.8) is 0 Å². The van der Waals surface area contributed by atoms with Crippen LogP contribution in [0, 0.1) is 12.7 Å². The number of hydrogen-bond donors (Lipinski definition) is 0. The summed E-state index contributed by atoms with van der Waals surface area (Å²) in [6.07, 6.45) is 0.778. The average Bonchev–Trinajstić information content (AvgIpc) is 3.10. The number of carbonyl (C=O) groups is 2. The zero-order valence-corrected chi connectivity index (χ0v) is 16.2. The molecule has 0 N–H and O–H groups in total. The fourth-order valence-corrected chi connectivity index (χ4v) is 4.29. The summed E-state index contributed by atoms with van der Waals surface area (Å²) in [4.78, 5) is 31.2. The van der Waals surface area contributed by atoms with E-state index in [1.807, 2.05) is 43.1 Å². The highest BCUT2D eigenvalue weighted by Crippen LogP contribution is 2.34. The van der Waals surface area contributed by atoms with Gasteiger partial charge in [0.15, 0.2) is 0 Å². The van der Waals surface area contributed by atoms with E-state index in [1.165, 1.54) is 12.1 Å². The molecule has 2 fully saturated rings. The summed E-state index contributed by atoms with van der Waals surface area (Å²) in [5.74, 6) is -0.388. The molecule has 5 nitrogen and oxygen atoms in total. The molecular formula is C22H24FN3O2. The van der Waals surface area contributed by atoms with Gasteiger partial charge < -0.3 is 9.80 Å². The number of aryl methyl sites for hydroxylation is 1. The highest BCUT2D eigenvalue weighted by atomic mass is 19.1. The Morgan fingerprint density at radius 3 is 2.64 bits per heavy atom. The third-order valence-corrected chi connectivity index (χ3v) is 6.05. The van der Waals surface area contributed by atoms with Gasteiger partial charge in [-0.25, -0.2) is 4.39 Å². The highest BCUT2D eigenvalue weighted by Gasteiger charge is 2.48. The molecule has 0 radical (unpaired) electrons. The molecule has 0 saturated carbocycles. The van der Waals surface area contributed by atoms with E-state index < -0.39 is 0 Å². The number of carbonyl (C=O) groups excluding carboxylic acids is 2. The van der Waals surface area contributed by atoms with Crippen molar-refractivity contribution in [2.75, 3.05) is 38.1 Å². The Balaban J connectivity index is 1.58. The Hall–Kier alpha value is -2.73. The summed E-state index contributed by atoms with van der Waals surface area (Å²) in [7, 11) is 1.93. The van der Waals surface area contributed by atoms with Gasteiger partial charge in [0.05, 0.1) is 12.1 Å². The number of halogens is 1. The normalized spacial score (nSPS) is 22.9. The third kappa shape index (κ3) is 3.18. The predicted octanol–water partition coefficient (Wildman–Crippen LogP) is 2.70. The van der Waals surface area contributed by atoms with Crippen molar-refractivity contribution < 1.29 is 14.0 Å². The van der Waals surface area contributed by atoms with Gasteiger partial charge in [0.25, 0.3) is 5.91 Å². The summed E-state index contributed by atoms with van der Waals surface area (Å²) < 4.78 is 13.7. The lowest BCUT2D eigenvalue weighted by Gasteiger charge is -2.46. The van der Waals surface area contributed by atoms with Gasteiger partial charge in [-0.1, -0.05) is 24.3 Å². The zero-order valence-electron chi connectivity index (χ0n) is 16.2. The minimum atomic E-state index is -0.360. The lowest BCUT2D eigenvalue weighted by atomic mass is 9.92. The van der Waals surface area contributed by atoms with E-state index in [1.54, 1.807) is 17.0 Å². The third-order valence-electron chi connectivity index (χ3n) is 6.05. The molecule has 1 atom stereocenters. The smallest absolute Gasteiger partial charge is 0.254 e. The monoisotopic (exact) mass is 381 g/mol. The van der Waals surface area contributed by atoms with E-state index in [9.17, 15) is 14.0 Å². The zero-order chi connectivity index (χ0) is 19.9. The van der Waals surface area contributed by atoms with Gasteiger partial charge in [0, 0.05) is 30.9 Å². The van der Waals surface area contributed by atoms with E-state index in [0.717, 1.165) is 17.5 Å². The minimum absolute atomic E-state index is 0.0255. The van der Waals surface area contributed by atoms with Crippen LogP contribution in [-0.2, 0) is 4.79 Å². The van der Waals surface area contributed by atoms with Crippen molar-refractivity contribution in [3.8, 4) is 0 Å². The minimum Gasteiger partial charge on any atom is -0.337 e. The van der Waals surface area contributed by atoms with Crippen molar-refractivity contribution in [2.45, 2.75) is 18.9 Å². The molecule has 2 saturated heterocycles. The molecule has 0 unspecified atom stereocenters. The maximum Gasteiger partial charge on any atom is 0.254 e. The Morgan fingerprint density at radius 2 is 1.89 bits per heavy atom. The van der Waals surface area contributed by atoms with Gasteiger partial charge in [-0.3, -0.25) is 14.5 Å². The molecular weight excluding hydrogens is 357 g/mol. The van der Waals surface area contributed by atoms with Crippen LogP contribution in [0.3, 0.4) is 0 Å². The van der Waals surface area contributed by atoms with Crippen molar-refractivity contribution in [2.24, 2.45) is 0 Å². The second-order valence-electron chi connectivity index (χ2n) is 7.83. The second kappa shape index (κ2) is 7.02. The van der Waals surface area contributed by atoms with Crippen LogP contribution in [-0.4, -0.2) is 60.4 Å². The fraction of sp³-hybridized carbons (Fsp3) is 0.364.